The van der Waals surface area contributed by atoms with Crippen LogP contribution >= 0.6 is 0 Å². The van der Waals surface area contributed by atoms with E-state index in [9.17, 15) is 14.9 Å². The van der Waals surface area contributed by atoms with Crippen LogP contribution < -0.4 is 5.73 Å². The summed E-state index contributed by atoms with van der Waals surface area (Å²) in [5.74, 6) is -0.848. The van der Waals surface area contributed by atoms with Crippen molar-refractivity contribution in [1.29, 1.82) is 0 Å². The van der Waals surface area contributed by atoms with Gasteiger partial charge in [-0.3, -0.25) is 10.1 Å². The van der Waals surface area contributed by atoms with Gasteiger partial charge >= 0.3 is 5.97 Å². The average molecular weight is 291 g/mol. The molecule has 0 saturated carbocycles. The average Bonchev–Trinajstić information content (AvgIpc) is 2.81. The minimum Gasteiger partial charge on any atom is -0.461 e. The minimum absolute atomic E-state index is 0.0387. The maximum absolute atomic E-state index is 11.6. The van der Waals surface area contributed by atoms with E-state index in [1.807, 2.05) is 0 Å². The van der Waals surface area contributed by atoms with Crippen molar-refractivity contribution in [2.75, 3.05) is 12.3 Å². The highest BCUT2D eigenvalue weighted by Crippen LogP contribution is 2.29. The van der Waals surface area contributed by atoms with Crippen LogP contribution in [-0.2, 0) is 4.74 Å². The molecule has 0 aliphatic heterocycles. The maximum atomic E-state index is 11.6. The number of hydrogen-bond donors (Lipinski definition) is 1. The van der Waals surface area contributed by atoms with E-state index >= 15 is 0 Å². The minimum atomic E-state index is -0.701. The third-order valence-electron chi connectivity index (χ3n) is 2.78. The van der Waals surface area contributed by atoms with E-state index in [1.165, 1.54) is 12.1 Å². The summed E-state index contributed by atoms with van der Waals surface area (Å²) in [6, 6.07) is 4.25. The molecule has 1 heterocycles. The number of nitrogens with two attached hydrogens (primary N) is 1. The first-order valence-electron chi connectivity index (χ1n) is 6.12. The highest BCUT2D eigenvalue weighted by Gasteiger charge is 2.22. The van der Waals surface area contributed by atoms with Gasteiger partial charge in [0.1, 0.15) is 0 Å². The van der Waals surface area contributed by atoms with Crippen molar-refractivity contribution in [3.63, 3.8) is 0 Å². The largest absolute Gasteiger partial charge is 0.461 e. The van der Waals surface area contributed by atoms with Gasteiger partial charge in [-0.15, -0.1) is 0 Å². The van der Waals surface area contributed by atoms with Crippen LogP contribution in [0.3, 0.4) is 0 Å². The molecule has 1 aromatic carbocycles. The van der Waals surface area contributed by atoms with Crippen LogP contribution in [0.25, 0.3) is 11.5 Å². The second-order valence-electron chi connectivity index (χ2n) is 4.21. The predicted octanol–water partition coefficient (Wildman–Crippen LogP) is 2.32. The zero-order chi connectivity index (χ0) is 15.6. The van der Waals surface area contributed by atoms with E-state index in [2.05, 4.69) is 4.98 Å². The molecule has 8 nitrogen and oxygen atoms in total. The summed E-state index contributed by atoms with van der Waals surface area (Å²) in [4.78, 5) is 25.9. The first-order valence-corrected chi connectivity index (χ1v) is 6.12. The normalized spacial score (nSPS) is 10.4. The van der Waals surface area contributed by atoms with Crippen molar-refractivity contribution in [2.45, 2.75) is 13.8 Å². The Balaban J connectivity index is 2.48. The van der Waals surface area contributed by atoms with Crippen LogP contribution in [0.4, 0.5) is 11.6 Å². The first-order chi connectivity index (χ1) is 9.93. The Kier molecular flexibility index (Phi) is 3.88. The molecule has 0 atom stereocenters. The van der Waals surface area contributed by atoms with Crippen LogP contribution in [0.2, 0.25) is 0 Å². The molecule has 0 fully saturated rings. The predicted molar refractivity (Wildman–Crippen MR) is 73.7 cm³/mol. The molecule has 0 bridgehead atoms. The number of nitro groups is 1. The number of esters is 1. The Labute approximate surface area is 119 Å². The molecule has 2 rings (SSSR count). The second kappa shape index (κ2) is 5.61. The Bertz CT molecular complexity index is 708. The zero-order valence-corrected chi connectivity index (χ0v) is 11.5. The van der Waals surface area contributed by atoms with E-state index in [1.54, 1.807) is 19.9 Å². The number of benzene rings is 1. The molecule has 0 aliphatic rings. The fourth-order valence-electron chi connectivity index (χ4n) is 1.75. The fourth-order valence-corrected chi connectivity index (χ4v) is 1.75. The lowest BCUT2D eigenvalue weighted by Gasteiger charge is -2.00. The highest BCUT2D eigenvalue weighted by atomic mass is 16.6. The number of carbonyl (C=O) groups excluding carboxylic acids is 1. The van der Waals surface area contributed by atoms with Crippen LogP contribution in [0, 0.1) is 17.0 Å². The summed E-state index contributed by atoms with van der Waals surface area (Å²) in [5, 5.41) is 10.8. The number of rotatable bonds is 4. The van der Waals surface area contributed by atoms with Crippen LogP contribution in [0.1, 0.15) is 23.0 Å². The summed E-state index contributed by atoms with van der Waals surface area (Å²) >= 11 is 0. The molecular weight excluding hydrogens is 278 g/mol. The number of nitro benzene ring substituents is 1. The van der Waals surface area contributed by atoms with E-state index < -0.39 is 10.9 Å². The number of non-ortho nitro benzene ring substituents is 1. The first kappa shape index (κ1) is 14.5. The Morgan fingerprint density at radius 2 is 2.24 bits per heavy atom. The van der Waals surface area contributed by atoms with E-state index in [0.717, 1.165) is 0 Å². The molecule has 0 radical (unpaired) electrons. The number of aromatic nitrogens is 1. The number of ether oxygens (including phenoxy) is 1. The van der Waals surface area contributed by atoms with Gasteiger partial charge in [-0.1, -0.05) is 6.07 Å². The molecule has 110 valence electrons. The highest BCUT2D eigenvalue weighted by molar-refractivity contribution is 5.92. The molecule has 0 spiro atoms. The van der Waals surface area contributed by atoms with Gasteiger partial charge < -0.3 is 14.9 Å². The van der Waals surface area contributed by atoms with Gasteiger partial charge in [0.15, 0.2) is 0 Å². The zero-order valence-electron chi connectivity index (χ0n) is 11.5. The number of anilines is 1. The van der Waals surface area contributed by atoms with Crippen LogP contribution in [-0.4, -0.2) is 22.5 Å². The fraction of sp³-hybridized carbons (Fsp3) is 0.231. The topological polar surface area (TPSA) is 121 Å². The molecule has 0 aliphatic carbocycles. The Morgan fingerprint density at radius 3 is 2.86 bits per heavy atom. The molecule has 2 aromatic rings. The summed E-state index contributed by atoms with van der Waals surface area (Å²) < 4.78 is 10.0. The molecule has 0 saturated heterocycles. The molecule has 2 N–H and O–H groups in total. The SMILES string of the molecule is CCOC(=O)c1nc(-c2cc([N+](=O)[O-])ccc2C)oc1N. The maximum Gasteiger partial charge on any atom is 0.362 e. The third kappa shape index (κ3) is 2.83. The lowest BCUT2D eigenvalue weighted by Crippen LogP contribution is -2.07. The van der Waals surface area contributed by atoms with Crippen LogP contribution in [0.5, 0.6) is 0 Å². The molecule has 1 aromatic heterocycles. The molecule has 0 amide bonds. The number of aryl methyl sites for hydroxylation is 1. The van der Waals surface area contributed by atoms with Gasteiger partial charge in [0, 0.05) is 17.7 Å². The second-order valence-corrected chi connectivity index (χ2v) is 4.21. The van der Waals surface area contributed by atoms with Crippen molar-refractivity contribution < 1.29 is 18.9 Å². The standard InChI is InChI=1S/C13H13N3O5/c1-3-20-13(17)10-11(14)21-12(15-10)9-6-8(16(18)19)5-4-7(9)2/h4-6H,3,14H2,1-2H3. The number of hydrogen-bond acceptors (Lipinski definition) is 7. The Hall–Kier alpha value is -2.90. The summed E-state index contributed by atoms with van der Waals surface area (Å²) in [7, 11) is 0. The number of nitrogens with zero attached hydrogens (tertiary/aromatic N) is 2. The molecule has 8 heteroatoms. The summed E-state index contributed by atoms with van der Waals surface area (Å²) in [5.41, 5.74) is 6.45. The van der Waals surface area contributed by atoms with Gasteiger partial charge in [0.25, 0.3) is 5.69 Å². The number of nitrogen functional groups attached to an aromatic ring is 1. The quantitative estimate of drug-likeness (QED) is 0.521. The smallest absolute Gasteiger partial charge is 0.362 e. The van der Waals surface area contributed by atoms with E-state index in [-0.39, 0.29) is 29.8 Å². The van der Waals surface area contributed by atoms with Gasteiger partial charge in [-0.2, -0.15) is 4.98 Å². The van der Waals surface area contributed by atoms with Crippen molar-refractivity contribution >= 4 is 17.5 Å². The van der Waals surface area contributed by atoms with E-state index in [0.29, 0.717) is 11.1 Å². The van der Waals surface area contributed by atoms with Crippen molar-refractivity contribution in [1.82, 2.24) is 4.98 Å². The van der Waals surface area contributed by atoms with Gasteiger partial charge in [0.2, 0.25) is 17.5 Å². The molecule has 21 heavy (non-hydrogen) atoms. The van der Waals surface area contributed by atoms with Crippen molar-refractivity contribution in [2.24, 2.45) is 0 Å². The van der Waals surface area contributed by atoms with Gasteiger partial charge in [-0.25, -0.2) is 4.79 Å². The monoisotopic (exact) mass is 291 g/mol. The summed E-state index contributed by atoms with van der Waals surface area (Å²) in [6.07, 6.45) is 0. The Morgan fingerprint density at radius 1 is 1.52 bits per heavy atom. The lowest BCUT2D eigenvalue weighted by molar-refractivity contribution is -0.384. The summed E-state index contributed by atoms with van der Waals surface area (Å²) in [6.45, 7) is 3.57. The van der Waals surface area contributed by atoms with Crippen molar-refractivity contribution in [3.8, 4) is 11.5 Å². The van der Waals surface area contributed by atoms with Gasteiger partial charge in [-0.05, 0) is 19.4 Å². The third-order valence-corrected chi connectivity index (χ3v) is 2.78. The van der Waals surface area contributed by atoms with Crippen molar-refractivity contribution in [3.05, 3.63) is 39.6 Å². The van der Waals surface area contributed by atoms with E-state index in [4.69, 9.17) is 14.9 Å². The number of oxazole rings is 1. The van der Waals surface area contributed by atoms with Crippen LogP contribution in [0.15, 0.2) is 22.6 Å². The lowest BCUT2D eigenvalue weighted by atomic mass is 10.1. The number of carbonyl (C=O) groups is 1. The van der Waals surface area contributed by atoms with Gasteiger partial charge in [0.05, 0.1) is 11.5 Å². The molecular formula is C13H13N3O5. The molecule has 0 unspecified atom stereocenters.